The Balaban J connectivity index is 0.00000242. The molecule has 0 aliphatic rings. The van der Waals surface area contributed by atoms with Crippen LogP contribution in [0.4, 0.5) is 5.13 Å². The van der Waals surface area contributed by atoms with E-state index in [1.165, 1.54) is 11.3 Å². The lowest BCUT2D eigenvalue weighted by Gasteiger charge is -2.09. The zero-order chi connectivity index (χ0) is 15.2. The number of rotatable bonds is 6. The Morgan fingerprint density at radius 3 is 2.86 bits per heavy atom. The van der Waals surface area contributed by atoms with Gasteiger partial charge in [-0.05, 0) is 30.9 Å². The van der Waals surface area contributed by atoms with Crippen LogP contribution < -0.4 is 11.1 Å². The van der Waals surface area contributed by atoms with Crippen LogP contribution in [0.25, 0.3) is 11.3 Å². The molecule has 0 bridgehead atoms. The molecule has 1 atom stereocenters. The first-order valence-electron chi connectivity index (χ1n) is 6.68. The first kappa shape index (κ1) is 19.0. The number of benzene rings is 1. The lowest BCUT2D eigenvalue weighted by molar-refractivity contribution is -0.117. The number of nitrogens with zero attached hydrogens (tertiary/aromatic N) is 1. The van der Waals surface area contributed by atoms with Gasteiger partial charge >= 0.3 is 0 Å². The van der Waals surface area contributed by atoms with Gasteiger partial charge in [-0.15, -0.1) is 23.7 Å². The average molecular weight is 358 g/mol. The van der Waals surface area contributed by atoms with Crippen LogP contribution in [-0.2, 0) is 4.79 Å². The normalized spacial score (nSPS) is 11.6. The van der Waals surface area contributed by atoms with Crippen LogP contribution in [0, 0.1) is 6.92 Å². The van der Waals surface area contributed by atoms with Crippen LogP contribution in [0.2, 0.25) is 0 Å². The highest BCUT2D eigenvalue weighted by Crippen LogP contribution is 2.27. The quantitative estimate of drug-likeness (QED) is 0.829. The Labute approximate surface area is 145 Å². The lowest BCUT2D eigenvalue weighted by Crippen LogP contribution is -2.36. The van der Waals surface area contributed by atoms with E-state index in [4.69, 9.17) is 5.73 Å². The average Bonchev–Trinajstić information content (AvgIpc) is 2.93. The molecule has 7 heteroatoms. The Morgan fingerprint density at radius 1 is 1.45 bits per heavy atom. The zero-order valence-electron chi connectivity index (χ0n) is 12.5. The van der Waals surface area contributed by atoms with Gasteiger partial charge in [0.2, 0.25) is 5.91 Å². The van der Waals surface area contributed by atoms with E-state index in [1.807, 2.05) is 42.8 Å². The summed E-state index contributed by atoms with van der Waals surface area (Å²) in [4.78, 5) is 16.4. The van der Waals surface area contributed by atoms with Crippen LogP contribution in [0.1, 0.15) is 12.0 Å². The third-order valence-corrected chi connectivity index (χ3v) is 4.53. The van der Waals surface area contributed by atoms with Gasteiger partial charge in [-0.3, -0.25) is 4.79 Å². The van der Waals surface area contributed by atoms with Crippen molar-refractivity contribution in [1.29, 1.82) is 0 Å². The predicted molar refractivity (Wildman–Crippen MR) is 99.1 cm³/mol. The molecular weight excluding hydrogens is 338 g/mol. The smallest absolute Gasteiger partial charge is 0.243 e. The molecule has 2 aromatic rings. The van der Waals surface area contributed by atoms with Crippen molar-refractivity contribution in [3.8, 4) is 11.3 Å². The molecule has 3 N–H and O–H groups in total. The second kappa shape index (κ2) is 9.15. The van der Waals surface area contributed by atoms with E-state index in [0.29, 0.717) is 11.6 Å². The van der Waals surface area contributed by atoms with E-state index >= 15 is 0 Å². The van der Waals surface area contributed by atoms with Gasteiger partial charge in [0.15, 0.2) is 5.13 Å². The van der Waals surface area contributed by atoms with Gasteiger partial charge in [-0.1, -0.05) is 24.3 Å². The topological polar surface area (TPSA) is 68.0 Å². The minimum atomic E-state index is -0.483. The number of amides is 1. The molecule has 0 spiro atoms. The minimum Gasteiger partial charge on any atom is -0.320 e. The van der Waals surface area contributed by atoms with Crippen molar-refractivity contribution in [2.24, 2.45) is 5.73 Å². The molecule has 22 heavy (non-hydrogen) atoms. The molecule has 0 unspecified atom stereocenters. The van der Waals surface area contributed by atoms with Crippen molar-refractivity contribution in [1.82, 2.24) is 4.98 Å². The predicted octanol–water partition coefficient (Wildman–Crippen LogP) is 3.56. The number of nitrogens with one attached hydrogen (secondary N) is 1. The van der Waals surface area contributed by atoms with Gasteiger partial charge < -0.3 is 11.1 Å². The first-order chi connectivity index (χ1) is 10.1. The third kappa shape index (κ3) is 4.98. The summed E-state index contributed by atoms with van der Waals surface area (Å²) in [6, 6.07) is 7.57. The summed E-state index contributed by atoms with van der Waals surface area (Å²) < 4.78 is 0. The molecule has 2 rings (SSSR count). The van der Waals surface area contributed by atoms with Crippen LogP contribution >= 0.6 is 35.5 Å². The lowest BCUT2D eigenvalue weighted by atomic mass is 10.1. The number of halogens is 1. The van der Waals surface area contributed by atoms with E-state index < -0.39 is 6.04 Å². The van der Waals surface area contributed by atoms with Crippen molar-refractivity contribution in [3.63, 3.8) is 0 Å². The van der Waals surface area contributed by atoms with Crippen molar-refractivity contribution < 1.29 is 4.79 Å². The summed E-state index contributed by atoms with van der Waals surface area (Å²) in [5, 5.41) is 5.34. The highest BCUT2D eigenvalue weighted by Gasteiger charge is 2.15. The van der Waals surface area contributed by atoms with E-state index in [2.05, 4.69) is 10.3 Å². The molecule has 120 valence electrons. The fourth-order valence-electron chi connectivity index (χ4n) is 1.89. The van der Waals surface area contributed by atoms with Gasteiger partial charge in [0.1, 0.15) is 0 Å². The fourth-order valence-corrected chi connectivity index (χ4v) is 3.09. The molecular formula is C15H20ClN3OS2. The third-order valence-electron chi connectivity index (χ3n) is 3.13. The van der Waals surface area contributed by atoms with Gasteiger partial charge in [-0.2, -0.15) is 11.8 Å². The van der Waals surface area contributed by atoms with Crippen molar-refractivity contribution >= 4 is 46.5 Å². The second-order valence-corrected chi connectivity index (χ2v) is 6.57. The Bertz CT molecular complexity index is 618. The number of hydrogen-bond donors (Lipinski definition) is 2. The van der Waals surface area contributed by atoms with Crippen LogP contribution in [0.5, 0.6) is 0 Å². The number of carbonyl (C=O) groups excluding carboxylic acids is 1. The fraction of sp³-hybridized carbons (Fsp3) is 0.333. The Kier molecular flexibility index (Phi) is 7.89. The molecule has 1 aromatic heterocycles. The standard InChI is InChI=1S/C15H19N3OS2.ClH/c1-10-5-3-4-6-11(10)13-9-21-15(17-13)18-14(19)12(16)7-8-20-2;/h3-6,9,12H,7-8,16H2,1-2H3,(H,17,18,19);1H/t12-;/m0./s1. The van der Waals surface area contributed by atoms with E-state index in [-0.39, 0.29) is 18.3 Å². The molecule has 0 radical (unpaired) electrons. The molecule has 1 heterocycles. The van der Waals surface area contributed by atoms with E-state index in [0.717, 1.165) is 22.6 Å². The monoisotopic (exact) mass is 357 g/mol. The largest absolute Gasteiger partial charge is 0.320 e. The summed E-state index contributed by atoms with van der Waals surface area (Å²) in [6.45, 7) is 2.05. The maximum Gasteiger partial charge on any atom is 0.243 e. The number of thiazole rings is 1. The molecule has 1 aromatic carbocycles. The Morgan fingerprint density at radius 2 is 2.18 bits per heavy atom. The molecule has 1 amide bonds. The molecule has 4 nitrogen and oxygen atoms in total. The second-order valence-electron chi connectivity index (χ2n) is 4.73. The van der Waals surface area contributed by atoms with Crippen molar-refractivity contribution in [3.05, 3.63) is 35.2 Å². The maximum absolute atomic E-state index is 12.0. The highest BCUT2D eigenvalue weighted by molar-refractivity contribution is 7.98. The van der Waals surface area contributed by atoms with Crippen molar-refractivity contribution in [2.75, 3.05) is 17.3 Å². The van der Waals surface area contributed by atoms with Crippen LogP contribution in [0.15, 0.2) is 29.6 Å². The number of aryl methyl sites for hydroxylation is 1. The van der Waals surface area contributed by atoms with Crippen LogP contribution in [0.3, 0.4) is 0 Å². The highest BCUT2D eigenvalue weighted by atomic mass is 35.5. The number of hydrogen-bond acceptors (Lipinski definition) is 5. The summed E-state index contributed by atoms with van der Waals surface area (Å²) in [7, 11) is 0. The number of aromatic nitrogens is 1. The molecule has 0 fully saturated rings. The van der Waals surface area contributed by atoms with Crippen LogP contribution in [-0.4, -0.2) is 28.9 Å². The number of nitrogens with two attached hydrogens (primary N) is 1. The molecule has 0 saturated carbocycles. The summed E-state index contributed by atoms with van der Waals surface area (Å²) in [5.74, 6) is 0.704. The minimum absolute atomic E-state index is 0. The summed E-state index contributed by atoms with van der Waals surface area (Å²) >= 11 is 3.10. The molecule has 0 aliphatic carbocycles. The van der Waals surface area contributed by atoms with Crippen molar-refractivity contribution in [2.45, 2.75) is 19.4 Å². The summed E-state index contributed by atoms with van der Waals surface area (Å²) in [5.41, 5.74) is 8.97. The summed E-state index contributed by atoms with van der Waals surface area (Å²) in [6.07, 6.45) is 2.67. The SMILES string of the molecule is CSCC[C@H](N)C(=O)Nc1nc(-c2ccccc2C)cs1.Cl. The van der Waals surface area contributed by atoms with Gasteiger partial charge in [0, 0.05) is 10.9 Å². The Hall–Kier alpha value is -1.08. The van der Waals surface area contributed by atoms with Gasteiger partial charge in [0.05, 0.1) is 11.7 Å². The van der Waals surface area contributed by atoms with Gasteiger partial charge in [0.25, 0.3) is 0 Å². The maximum atomic E-state index is 12.0. The zero-order valence-corrected chi connectivity index (χ0v) is 15.0. The first-order valence-corrected chi connectivity index (χ1v) is 8.96. The number of thioether (sulfide) groups is 1. The molecule has 0 aliphatic heterocycles. The van der Waals surface area contributed by atoms with E-state index in [1.54, 1.807) is 11.8 Å². The van der Waals surface area contributed by atoms with E-state index in [9.17, 15) is 4.79 Å². The van der Waals surface area contributed by atoms with Gasteiger partial charge in [-0.25, -0.2) is 4.98 Å². The number of carbonyl (C=O) groups is 1. The molecule has 0 saturated heterocycles. The number of anilines is 1.